The molecule has 1 N–H and O–H groups in total. The minimum absolute atomic E-state index is 0.219. The van der Waals surface area contributed by atoms with Gasteiger partial charge in [-0.1, -0.05) is 12.1 Å². The van der Waals surface area contributed by atoms with Gasteiger partial charge in [0, 0.05) is 12.7 Å². The Morgan fingerprint density at radius 2 is 1.90 bits per heavy atom. The molecule has 3 heteroatoms. The van der Waals surface area contributed by atoms with E-state index in [4.69, 9.17) is 0 Å². The molecular weight excluding hydrogens is 253 g/mol. The summed E-state index contributed by atoms with van der Waals surface area (Å²) in [6.07, 6.45) is 3.03. The molecule has 1 unspecified atom stereocenters. The summed E-state index contributed by atoms with van der Waals surface area (Å²) in [5.74, 6) is 0.170. The van der Waals surface area contributed by atoms with E-state index in [2.05, 4.69) is 11.0 Å². The molecular formula is C17H18FNO. The Labute approximate surface area is 118 Å². The highest BCUT2D eigenvalue weighted by molar-refractivity contribution is 5.51. The van der Waals surface area contributed by atoms with Crippen molar-refractivity contribution in [3.05, 3.63) is 59.4 Å². The van der Waals surface area contributed by atoms with Crippen molar-refractivity contribution in [1.29, 1.82) is 0 Å². The minimum atomic E-state index is -0.219. The van der Waals surface area contributed by atoms with Gasteiger partial charge in [-0.05, 0) is 60.7 Å². The van der Waals surface area contributed by atoms with Crippen molar-refractivity contribution in [2.24, 2.45) is 0 Å². The number of hydrogen-bond acceptors (Lipinski definition) is 2. The first-order chi connectivity index (χ1) is 9.66. The quantitative estimate of drug-likeness (QED) is 0.891. The van der Waals surface area contributed by atoms with Gasteiger partial charge in [0.05, 0.1) is 6.04 Å². The molecule has 0 heterocycles. The fourth-order valence-electron chi connectivity index (χ4n) is 3.06. The summed E-state index contributed by atoms with van der Waals surface area (Å²) in [7, 11) is 2.02. The molecule has 1 atom stereocenters. The van der Waals surface area contributed by atoms with Crippen molar-refractivity contribution in [2.45, 2.75) is 25.3 Å². The highest BCUT2D eigenvalue weighted by Crippen LogP contribution is 2.39. The van der Waals surface area contributed by atoms with Gasteiger partial charge in [0.2, 0.25) is 0 Å². The molecule has 0 aromatic heterocycles. The minimum Gasteiger partial charge on any atom is -0.508 e. The Balaban J connectivity index is 1.96. The summed E-state index contributed by atoms with van der Waals surface area (Å²) >= 11 is 0. The first-order valence-corrected chi connectivity index (χ1v) is 6.96. The van der Waals surface area contributed by atoms with Crippen LogP contribution in [-0.2, 0) is 6.42 Å². The van der Waals surface area contributed by atoms with E-state index in [-0.39, 0.29) is 11.9 Å². The Morgan fingerprint density at radius 3 is 2.65 bits per heavy atom. The van der Waals surface area contributed by atoms with Crippen molar-refractivity contribution < 1.29 is 9.50 Å². The highest BCUT2D eigenvalue weighted by Gasteiger charge is 2.25. The van der Waals surface area contributed by atoms with E-state index in [1.807, 2.05) is 13.1 Å². The number of phenols is 1. The summed E-state index contributed by atoms with van der Waals surface area (Å²) < 4.78 is 13.0. The summed E-state index contributed by atoms with van der Waals surface area (Å²) in [5, 5.41) is 9.99. The van der Waals surface area contributed by atoms with E-state index >= 15 is 0 Å². The molecule has 0 aliphatic heterocycles. The second kappa shape index (κ2) is 5.16. The summed E-state index contributed by atoms with van der Waals surface area (Å²) in [6, 6.07) is 12.5. The topological polar surface area (TPSA) is 23.5 Å². The number of phenolic OH excluding ortho intramolecular Hbond substituents is 1. The Morgan fingerprint density at radius 1 is 1.15 bits per heavy atom. The maximum absolute atomic E-state index is 13.0. The molecule has 20 heavy (non-hydrogen) atoms. The van der Waals surface area contributed by atoms with Gasteiger partial charge in [0.1, 0.15) is 11.6 Å². The SMILES string of the molecule is CN(c1ccc(F)cc1)C1CCCc2c(O)cccc21. The number of halogens is 1. The van der Waals surface area contributed by atoms with Gasteiger partial charge in [-0.15, -0.1) is 0 Å². The second-order valence-corrected chi connectivity index (χ2v) is 5.34. The first kappa shape index (κ1) is 13.0. The largest absolute Gasteiger partial charge is 0.508 e. The van der Waals surface area contributed by atoms with Crippen LogP contribution in [0.1, 0.15) is 30.0 Å². The van der Waals surface area contributed by atoms with Crippen LogP contribution in [0, 0.1) is 5.82 Å². The molecule has 1 aliphatic carbocycles. The molecule has 0 amide bonds. The van der Waals surface area contributed by atoms with E-state index in [1.165, 1.54) is 17.7 Å². The molecule has 0 radical (unpaired) electrons. The standard InChI is InChI=1S/C17H18FNO/c1-19(13-10-8-12(18)9-11-13)16-6-2-5-15-14(16)4-3-7-17(15)20/h3-4,7-11,16,20H,2,5-6H2,1H3. The number of aromatic hydroxyl groups is 1. The second-order valence-electron chi connectivity index (χ2n) is 5.34. The van der Waals surface area contributed by atoms with Gasteiger partial charge in [-0.2, -0.15) is 0 Å². The van der Waals surface area contributed by atoms with Crippen molar-refractivity contribution in [1.82, 2.24) is 0 Å². The van der Waals surface area contributed by atoms with Crippen LogP contribution in [0.15, 0.2) is 42.5 Å². The fourth-order valence-corrected chi connectivity index (χ4v) is 3.06. The van der Waals surface area contributed by atoms with Crippen LogP contribution in [-0.4, -0.2) is 12.2 Å². The third-order valence-corrected chi connectivity index (χ3v) is 4.15. The average molecular weight is 271 g/mol. The van der Waals surface area contributed by atoms with E-state index in [1.54, 1.807) is 18.2 Å². The lowest BCUT2D eigenvalue weighted by Crippen LogP contribution is -2.27. The van der Waals surface area contributed by atoms with Gasteiger partial charge < -0.3 is 10.0 Å². The zero-order valence-corrected chi connectivity index (χ0v) is 11.5. The van der Waals surface area contributed by atoms with Crippen molar-refractivity contribution in [3.8, 4) is 5.75 Å². The van der Waals surface area contributed by atoms with Gasteiger partial charge in [-0.25, -0.2) is 4.39 Å². The summed E-state index contributed by atoms with van der Waals surface area (Å²) in [4.78, 5) is 2.16. The molecule has 0 fully saturated rings. The maximum Gasteiger partial charge on any atom is 0.123 e. The van der Waals surface area contributed by atoms with Crippen LogP contribution in [0.2, 0.25) is 0 Å². The molecule has 0 saturated heterocycles. The zero-order valence-electron chi connectivity index (χ0n) is 11.5. The first-order valence-electron chi connectivity index (χ1n) is 6.96. The van der Waals surface area contributed by atoms with Crippen LogP contribution in [0.25, 0.3) is 0 Å². The molecule has 3 rings (SSSR count). The van der Waals surface area contributed by atoms with Gasteiger partial charge in [0.15, 0.2) is 0 Å². The third kappa shape index (κ3) is 2.24. The highest BCUT2D eigenvalue weighted by atomic mass is 19.1. The summed E-state index contributed by atoms with van der Waals surface area (Å²) in [6.45, 7) is 0. The summed E-state index contributed by atoms with van der Waals surface area (Å²) in [5.41, 5.74) is 3.23. The zero-order chi connectivity index (χ0) is 14.1. The Kier molecular flexibility index (Phi) is 3.35. The van der Waals surface area contributed by atoms with Crippen molar-refractivity contribution >= 4 is 5.69 Å². The van der Waals surface area contributed by atoms with Crippen LogP contribution in [0.4, 0.5) is 10.1 Å². The Bertz CT molecular complexity index is 609. The third-order valence-electron chi connectivity index (χ3n) is 4.15. The van der Waals surface area contributed by atoms with E-state index < -0.39 is 0 Å². The van der Waals surface area contributed by atoms with Crippen LogP contribution in [0.5, 0.6) is 5.75 Å². The molecule has 1 aliphatic rings. The molecule has 2 aromatic rings. The molecule has 0 bridgehead atoms. The molecule has 2 nitrogen and oxygen atoms in total. The number of rotatable bonds is 2. The lowest BCUT2D eigenvalue weighted by molar-refractivity contribution is 0.453. The van der Waals surface area contributed by atoms with Gasteiger partial charge in [-0.3, -0.25) is 0 Å². The van der Waals surface area contributed by atoms with Crippen molar-refractivity contribution in [2.75, 3.05) is 11.9 Å². The van der Waals surface area contributed by atoms with E-state index in [9.17, 15) is 9.50 Å². The van der Waals surface area contributed by atoms with Crippen molar-refractivity contribution in [3.63, 3.8) is 0 Å². The number of anilines is 1. The number of fused-ring (bicyclic) bond motifs is 1. The van der Waals surface area contributed by atoms with Crippen LogP contribution >= 0.6 is 0 Å². The lowest BCUT2D eigenvalue weighted by atomic mass is 9.86. The predicted octanol–water partition coefficient (Wildman–Crippen LogP) is 4.05. The van der Waals surface area contributed by atoms with Gasteiger partial charge in [0.25, 0.3) is 0 Å². The van der Waals surface area contributed by atoms with E-state index in [0.29, 0.717) is 5.75 Å². The molecule has 0 spiro atoms. The molecule has 2 aromatic carbocycles. The smallest absolute Gasteiger partial charge is 0.123 e. The van der Waals surface area contributed by atoms with E-state index in [0.717, 1.165) is 30.5 Å². The van der Waals surface area contributed by atoms with Crippen LogP contribution < -0.4 is 4.90 Å². The Hall–Kier alpha value is -2.03. The van der Waals surface area contributed by atoms with Gasteiger partial charge >= 0.3 is 0 Å². The predicted molar refractivity (Wildman–Crippen MR) is 78.6 cm³/mol. The van der Waals surface area contributed by atoms with Crippen LogP contribution in [0.3, 0.4) is 0 Å². The fraction of sp³-hybridized carbons (Fsp3) is 0.294. The monoisotopic (exact) mass is 271 g/mol. The molecule has 0 saturated carbocycles. The average Bonchev–Trinajstić information content (AvgIpc) is 2.47. The lowest BCUT2D eigenvalue weighted by Gasteiger charge is -2.35. The molecule has 104 valence electrons. The number of nitrogens with zero attached hydrogens (tertiary/aromatic N) is 1. The normalized spacial score (nSPS) is 17.6. The number of hydrogen-bond donors (Lipinski definition) is 1. The maximum atomic E-state index is 13.0. The number of benzene rings is 2.